The Labute approximate surface area is 148 Å². The van der Waals surface area contributed by atoms with Crippen LogP contribution in [-0.2, 0) is 22.4 Å². The maximum absolute atomic E-state index is 12.5. The van der Waals surface area contributed by atoms with Crippen molar-refractivity contribution in [3.8, 4) is 0 Å². The number of nitrogens with zero attached hydrogens (tertiary/aromatic N) is 3. The highest BCUT2D eigenvalue weighted by Gasteiger charge is 2.33. The van der Waals surface area contributed by atoms with Gasteiger partial charge in [0.1, 0.15) is 0 Å². The average molecular weight is 343 g/mol. The zero-order chi connectivity index (χ0) is 17.9. The first-order valence-corrected chi connectivity index (χ1v) is 8.72. The molecule has 0 bridgehead atoms. The van der Waals surface area contributed by atoms with Crippen molar-refractivity contribution in [2.24, 2.45) is 0 Å². The Morgan fingerprint density at radius 3 is 2.80 bits per heavy atom. The molecule has 1 amide bonds. The molecule has 25 heavy (non-hydrogen) atoms. The van der Waals surface area contributed by atoms with Crippen LogP contribution in [0.2, 0.25) is 0 Å². The standard InChI is InChI=1S/C19H25N3O3/c1-14-12-22(13-19(2,3)24-14)18(23)10-9-17-20-16(21-25-17)11-15-7-5-4-6-8-15/h4-8,14H,9-13H2,1-3H3/t14-/m0/s1. The van der Waals surface area contributed by atoms with Crippen molar-refractivity contribution >= 4 is 5.91 Å². The topological polar surface area (TPSA) is 68.5 Å². The van der Waals surface area contributed by atoms with Crippen LogP contribution in [0, 0.1) is 0 Å². The molecule has 1 aromatic carbocycles. The van der Waals surface area contributed by atoms with Gasteiger partial charge in [0.05, 0.1) is 11.7 Å². The van der Waals surface area contributed by atoms with E-state index in [0.29, 0.717) is 44.1 Å². The van der Waals surface area contributed by atoms with Gasteiger partial charge in [0, 0.05) is 32.4 Å². The van der Waals surface area contributed by atoms with Crippen LogP contribution < -0.4 is 0 Å². The molecule has 1 saturated heterocycles. The van der Waals surface area contributed by atoms with Crippen LogP contribution >= 0.6 is 0 Å². The largest absolute Gasteiger partial charge is 0.369 e. The van der Waals surface area contributed by atoms with Gasteiger partial charge >= 0.3 is 0 Å². The van der Waals surface area contributed by atoms with Crippen molar-refractivity contribution in [2.45, 2.75) is 51.7 Å². The molecule has 3 rings (SSSR count). The van der Waals surface area contributed by atoms with Crippen LogP contribution in [-0.4, -0.2) is 45.7 Å². The molecule has 0 saturated carbocycles. The van der Waals surface area contributed by atoms with Gasteiger partial charge in [-0.2, -0.15) is 4.98 Å². The lowest BCUT2D eigenvalue weighted by molar-refractivity contribution is -0.158. The summed E-state index contributed by atoms with van der Waals surface area (Å²) in [6, 6.07) is 10.0. The summed E-state index contributed by atoms with van der Waals surface area (Å²) in [5, 5.41) is 4.01. The molecule has 2 heterocycles. The minimum Gasteiger partial charge on any atom is -0.369 e. The summed E-state index contributed by atoms with van der Waals surface area (Å²) in [7, 11) is 0. The van der Waals surface area contributed by atoms with Gasteiger partial charge in [-0.1, -0.05) is 35.5 Å². The molecule has 0 N–H and O–H groups in total. The van der Waals surface area contributed by atoms with Crippen LogP contribution in [0.3, 0.4) is 0 Å². The van der Waals surface area contributed by atoms with E-state index in [1.54, 1.807) is 0 Å². The number of hydrogen-bond donors (Lipinski definition) is 0. The molecule has 1 aliphatic heterocycles. The smallest absolute Gasteiger partial charge is 0.227 e. The number of rotatable bonds is 5. The van der Waals surface area contributed by atoms with E-state index < -0.39 is 0 Å². The Hall–Kier alpha value is -2.21. The zero-order valence-corrected chi connectivity index (χ0v) is 15.1. The van der Waals surface area contributed by atoms with Gasteiger partial charge in [0.2, 0.25) is 11.8 Å². The number of morpholine rings is 1. The first-order chi connectivity index (χ1) is 11.9. The summed E-state index contributed by atoms with van der Waals surface area (Å²) in [4.78, 5) is 18.7. The molecule has 1 atom stereocenters. The quantitative estimate of drug-likeness (QED) is 0.835. The van der Waals surface area contributed by atoms with Crippen molar-refractivity contribution in [3.63, 3.8) is 0 Å². The molecular formula is C19H25N3O3. The Bertz CT molecular complexity index is 712. The molecule has 0 spiro atoms. The third-order valence-electron chi connectivity index (χ3n) is 4.19. The van der Waals surface area contributed by atoms with Crippen molar-refractivity contribution in [3.05, 3.63) is 47.6 Å². The van der Waals surface area contributed by atoms with E-state index in [9.17, 15) is 4.79 Å². The molecule has 6 heteroatoms. The highest BCUT2D eigenvalue weighted by Crippen LogP contribution is 2.21. The molecule has 134 valence electrons. The number of hydrogen-bond acceptors (Lipinski definition) is 5. The van der Waals surface area contributed by atoms with Crippen molar-refractivity contribution < 1.29 is 14.1 Å². The van der Waals surface area contributed by atoms with Gasteiger partial charge in [-0.25, -0.2) is 0 Å². The molecule has 1 aromatic heterocycles. The lowest BCUT2D eigenvalue weighted by atomic mass is 10.0. The summed E-state index contributed by atoms with van der Waals surface area (Å²) in [6.45, 7) is 7.26. The summed E-state index contributed by atoms with van der Waals surface area (Å²) in [5.41, 5.74) is 0.830. The van der Waals surface area contributed by atoms with Crippen LogP contribution in [0.15, 0.2) is 34.9 Å². The predicted molar refractivity (Wildman–Crippen MR) is 93.1 cm³/mol. The van der Waals surface area contributed by atoms with Crippen LogP contribution in [0.1, 0.15) is 44.5 Å². The van der Waals surface area contributed by atoms with Gasteiger partial charge in [-0.15, -0.1) is 0 Å². The first kappa shape index (κ1) is 17.6. The predicted octanol–water partition coefficient (Wildman–Crippen LogP) is 2.62. The van der Waals surface area contributed by atoms with Gasteiger partial charge in [-0.05, 0) is 26.3 Å². The molecule has 6 nitrogen and oxygen atoms in total. The highest BCUT2D eigenvalue weighted by molar-refractivity contribution is 5.76. The number of aryl methyl sites for hydroxylation is 1. The molecule has 2 aromatic rings. The molecule has 1 fully saturated rings. The number of carbonyl (C=O) groups excluding carboxylic acids is 1. The van der Waals surface area contributed by atoms with Crippen molar-refractivity contribution in [1.82, 2.24) is 15.0 Å². The van der Waals surface area contributed by atoms with Crippen LogP contribution in [0.4, 0.5) is 0 Å². The van der Waals surface area contributed by atoms with Gasteiger partial charge in [-0.3, -0.25) is 4.79 Å². The summed E-state index contributed by atoms with van der Waals surface area (Å²) >= 11 is 0. The molecular weight excluding hydrogens is 318 g/mol. The zero-order valence-electron chi connectivity index (χ0n) is 15.1. The summed E-state index contributed by atoms with van der Waals surface area (Å²) in [5.74, 6) is 1.26. The third-order valence-corrected chi connectivity index (χ3v) is 4.19. The normalized spacial score (nSPS) is 19.8. The fourth-order valence-electron chi connectivity index (χ4n) is 3.26. The summed E-state index contributed by atoms with van der Waals surface area (Å²) in [6.07, 6.45) is 1.52. The number of amides is 1. The van der Waals surface area contributed by atoms with E-state index in [1.807, 2.05) is 56.0 Å². The Morgan fingerprint density at radius 1 is 1.32 bits per heavy atom. The Balaban J connectivity index is 1.52. The molecule has 1 aliphatic rings. The second-order valence-electron chi connectivity index (χ2n) is 7.23. The van der Waals surface area contributed by atoms with E-state index in [2.05, 4.69) is 10.1 Å². The monoisotopic (exact) mass is 343 g/mol. The second-order valence-corrected chi connectivity index (χ2v) is 7.23. The van der Waals surface area contributed by atoms with Gasteiger partial charge < -0.3 is 14.2 Å². The fourth-order valence-corrected chi connectivity index (χ4v) is 3.26. The Morgan fingerprint density at radius 2 is 2.08 bits per heavy atom. The minimum atomic E-state index is -0.305. The van der Waals surface area contributed by atoms with Crippen molar-refractivity contribution in [2.75, 3.05) is 13.1 Å². The average Bonchev–Trinajstić information content (AvgIpc) is 2.99. The van der Waals surface area contributed by atoms with Gasteiger partial charge in [0.25, 0.3) is 0 Å². The van der Waals surface area contributed by atoms with E-state index >= 15 is 0 Å². The Kier molecular flexibility index (Phi) is 5.18. The van der Waals surface area contributed by atoms with Gasteiger partial charge in [0.15, 0.2) is 5.82 Å². The molecule has 0 radical (unpaired) electrons. The van der Waals surface area contributed by atoms with E-state index in [4.69, 9.17) is 9.26 Å². The second kappa shape index (κ2) is 7.35. The van der Waals surface area contributed by atoms with E-state index in [0.717, 1.165) is 5.56 Å². The van der Waals surface area contributed by atoms with Crippen LogP contribution in [0.5, 0.6) is 0 Å². The van der Waals surface area contributed by atoms with E-state index in [-0.39, 0.29) is 17.6 Å². The SMILES string of the molecule is C[C@H]1CN(C(=O)CCc2nc(Cc3ccccc3)no2)CC(C)(C)O1. The fraction of sp³-hybridized carbons (Fsp3) is 0.526. The number of aromatic nitrogens is 2. The maximum Gasteiger partial charge on any atom is 0.227 e. The molecule has 0 unspecified atom stereocenters. The maximum atomic E-state index is 12.5. The minimum absolute atomic E-state index is 0.0496. The number of benzene rings is 1. The number of ether oxygens (including phenoxy) is 1. The molecule has 0 aliphatic carbocycles. The summed E-state index contributed by atoms with van der Waals surface area (Å²) < 4.78 is 11.1. The number of carbonyl (C=O) groups is 1. The lowest BCUT2D eigenvalue weighted by Gasteiger charge is -2.41. The van der Waals surface area contributed by atoms with Crippen molar-refractivity contribution in [1.29, 1.82) is 0 Å². The first-order valence-electron chi connectivity index (χ1n) is 8.72. The van der Waals surface area contributed by atoms with Crippen LogP contribution in [0.25, 0.3) is 0 Å². The lowest BCUT2D eigenvalue weighted by Crippen LogP contribution is -2.53. The highest BCUT2D eigenvalue weighted by atomic mass is 16.5. The third kappa shape index (κ3) is 4.89. The van der Waals surface area contributed by atoms with E-state index in [1.165, 1.54) is 0 Å².